The van der Waals surface area contributed by atoms with Gasteiger partial charge in [-0.3, -0.25) is 24.7 Å². The average molecular weight is 775 g/mol. The summed E-state index contributed by atoms with van der Waals surface area (Å²) in [6.07, 6.45) is -4.34. The number of thiazole rings is 1. The Balaban J connectivity index is 1.09. The van der Waals surface area contributed by atoms with E-state index in [0.717, 1.165) is 21.3 Å². The number of hydrogen-bond donors (Lipinski definition) is 2. The molecule has 12 nitrogen and oxygen atoms in total. The first-order chi connectivity index (χ1) is 26.5. The predicted molar refractivity (Wildman–Crippen MR) is 201 cm³/mol. The number of carbonyl (C=O) groups is 3. The number of rotatable bonds is 11. The summed E-state index contributed by atoms with van der Waals surface area (Å²) in [7, 11) is 1.33. The zero-order chi connectivity index (χ0) is 38.7. The molecule has 3 aromatic carbocycles. The third-order valence-corrected chi connectivity index (χ3v) is 10.7. The van der Waals surface area contributed by atoms with Gasteiger partial charge in [-0.25, -0.2) is 14.8 Å². The van der Waals surface area contributed by atoms with Crippen LogP contribution in [-0.4, -0.2) is 102 Å². The summed E-state index contributed by atoms with van der Waals surface area (Å²) in [4.78, 5) is 52.4. The first-order valence-corrected chi connectivity index (χ1v) is 18.4. The number of amides is 1. The molecule has 0 unspecified atom stereocenters. The molecule has 2 N–H and O–H groups in total. The van der Waals surface area contributed by atoms with Crippen LogP contribution in [-0.2, 0) is 28.7 Å². The Morgan fingerprint density at radius 2 is 1.65 bits per heavy atom. The Kier molecular flexibility index (Phi) is 11.0. The standard InChI is InChI=1S/C39H37F3N6O6S/c1-53-33(49)23-47-18-16-46(17-19-47)20-21-54-30-10-5-7-25(34(30)39(40,41)42)26-12-13-32(44-35(26)37(51)52)48-15-14-24-6-4-8-27(28(24)22-48)36(50)45-38-43-29-9-2-3-11-31(29)55-38/h2-13H,14-23H2,1H3,(H,51,52)(H,43,45,50). The van der Waals surface area contributed by atoms with Gasteiger partial charge in [0.25, 0.3) is 5.91 Å². The van der Waals surface area contributed by atoms with Crippen molar-refractivity contribution in [3.05, 3.63) is 101 Å². The molecule has 0 spiro atoms. The second kappa shape index (κ2) is 16.0. The number of esters is 1. The lowest BCUT2D eigenvalue weighted by Crippen LogP contribution is -2.48. The van der Waals surface area contributed by atoms with E-state index < -0.39 is 29.2 Å². The van der Waals surface area contributed by atoms with E-state index >= 15 is 0 Å². The van der Waals surface area contributed by atoms with E-state index in [-0.39, 0.29) is 48.5 Å². The number of aromatic nitrogens is 2. The minimum absolute atomic E-state index is 0.0381. The smallest absolute Gasteiger partial charge is 0.420 e. The molecule has 7 rings (SSSR count). The molecule has 5 aromatic rings. The Morgan fingerprint density at radius 1 is 0.891 bits per heavy atom. The van der Waals surface area contributed by atoms with Gasteiger partial charge in [0, 0.05) is 62.5 Å². The second-order valence-electron chi connectivity index (χ2n) is 13.1. The molecule has 4 heterocycles. The first kappa shape index (κ1) is 37.7. The normalized spacial score (nSPS) is 15.1. The molecule has 0 aliphatic carbocycles. The number of carboxylic acid groups (broad SMARTS) is 1. The van der Waals surface area contributed by atoms with Gasteiger partial charge in [-0.2, -0.15) is 13.2 Å². The number of anilines is 2. The molecule has 16 heteroatoms. The number of pyridine rings is 1. The van der Waals surface area contributed by atoms with Gasteiger partial charge in [0.05, 0.1) is 23.9 Å². The number of aromatic carboxylic acids is 1. The average Bonchev–Trinajstić information content (AvgIpc) is 3.59. The van der Waals surface area contributed by atoms with Crippen LogP contribution in [0.3, 0.4) is 0 Å². The van der Waals surface area contributed by atoms with Crippen LogP contribution < -0.4 is 15.0 Å². The number of ether oxygens (including phenoxy) is 2. The highest BCUT2D eigenvalue weighted by Crippen LogP contribution is 2.44. The van der Waals surface area contributed by atoms with Crippen LogP contribution in [0.25, 0.3) is 21.3 Å². The Bertz CT molecular complexity index is 2210. The largest absolute Gasteiger partial charge is 0.492 e. The van der Waals surface area contributed by atoms with Gasteiger partial charge in [-0.05, 0) is 53.9 Å². The van der Waals surface area contributed by atoms with Crippen molar-refractivity contribution in [3.63, 3.8) is 0 Å². The van der Waals surface area contributed by atoms with Crippen LogP contribution in [0.5, 0.6) is 5.75 Å². The third-order valence-electron chi connectivity index (χ3n) is 9.75. The van der Waals surface area contributed by atoms with Crippen molar-refractivity contribution in [2.45, 2.75) is 19.1 Å². The summed E-state index contributed by atoms with van der Waals surface area (Å²) in [6, 6.07) is 19.7. The number of methoxy groups -OCH3 is 1. The number of carbonyl (C=O) groups excluding carboxylic acids is 2. The highest BCUT2D eigenvalue weighted by Gasteiger charge is 2.39. The lowest BCUT2D eigenvalue weighted by atomic mass is 9.94. The highest BCUT2D eigenvalue weighted by atomic mass is 32.1. The summed E-state index contributed by atoms with van der Waals surface area (Å²) in [5, 5.41) is 13.6. The van der Waals surface area contributed by atoms with Gasteiger partial charge >= 0.3 is 18.1 Å². The quantitative estimate of drug-likeness (QED) is 0.152. The van der Waals surface area contributed by atoms with Crippen molar-refractivity contribution in [3.8, 4) is 16.9 Å². The summed E-state index contributed by atoms with van der Waals surface area (Å²) in [5.41, 5.74) is 0.694. The van der Waals surface area contributed by atoms with E-state index in [4.69, 9.17) is 9.47 Å². The second-order valence-corrected chi connectivity index (χ2v) is 14.2. The van der Waals surface area contributed by atoms with Gasteiger partial charge < -0.3 is 19.5 Å². The molecule has 2 aromatic heterocycles. The summed E-state index contributed by atoms with van der Waals surface area (Å²) >= 11 is 1.36. The minimum atomic E-state index is -4.88. The molecule has 2 aliphatic heterocycles. The van der Waals surface area contributed by atoms with Crippen molar-refractivity contribution in [1.82, 2.24) is 19.8 Å². The molecule has 2 aliphatic rings. The Labute approximate surface area is 318 Å². The maximum atomic E-state index is 14.7. The molecule has 1 fully saturated rings. The first-order valence-electron chi connectivity index (χ1n) is 17.6. The third kappa shape index (κ3) is 8.40. The molecule has 0 radical (unpaired) electrons. The number of fused-ring (bicyclic) bond motifs is 2. The maximum Gasteiger partial charge on any atom is 0.420 e. The Hall–Kier alpha value is -5.58. The number of hydrogen-bond acceptors (Lipinski definition) is 11. The van der Waals surface area contributed by atoms with Crippen molar-refractivity contribution in [2.75, 3.05) is 69.7 Å². The van der Waals surface area contributed by atoms with Crippen molar-refractivity contribution < 1.29 is 42.1 Å². The van der Waals surface area contributed by atoms with Crippen molar-refractivity contribution in [2.24, 2.45) is 0 Å². The number of benzene rings is 3. The molecule has 1 saturated heterocycles. The molecule has 55 heavy (non-hydrogen) atoms. The van der Waals surface area contributed by atoms with E-state index in [1.807, 2.05) is 51.1 Å². The number of piperazine rings is 1. The minimum Gasteiger partial charge on any atom is -0.492 e. The lowest BCUT2D eigenvalue weighted by Gasteiger charge is -2.33. The fourth-order valence-electron chi connectivity index (χ4n) is 6.96. The van der Waals surface area contributed by atoms with Gasteiger partial charge in [0.1, 0.15) is 23.7 Å². The number of halogens is 3. The molecule has 0 saturated carbocycles. The fraction of sp³-hybridized carbons (Fsp3) is 0.308. The van der Waals surface area contributed by atoms with E-state index in [0.29, 0.717) is 56.4 Å². The Morgan fingerprint density at radius 3 is 2.40 bits per heavy atom. The molecule has 286 valence electrons. The zero-order valence-corrected chi connectivity index (χ0v) is 30.6. The van der Waals surface area contributed by atoms with Gasteiger partial charge in [0.15, 0.2) is 10.8 Å². The summed E-state index contributed by atoms with van der Waals surface area (Å²) in [5.74, 6) is -2.33. The number of nitrogens with zero attached hydrogens (tertiary/aromatic N) is 5. The number of alkyl halides is 3. The molecule has 0 atom stereocenters. The van der Waals surface area contributed by atoms with Crippen LogP contribution in [0.4, 0.5) is 24.1 Å². The lowest BCUT2D eigenvalue weighted by molar-refractivity contribution is -0.142. The van der Waals surface area contributed by atoms with Crippen LogP contribution in [0.1, 0.15) is 37.5 Å². The molecular formula is C39H37F3N6O6S. The van der Waals surface area contributed by atoms with Gasteiger partial charge in [0.2, 0.25) is 0 Å². The predicted octanol–water partition coefficient (Wildman–Crippen LogP) is 6.06. The van der Waals surface area contributed by atoms with E-state index in [1.54, 1.807) is 6.07 Å². The van der Waals surface area contributed by atoms with Crippen LogP contribution in [0.2, 0.25) is 0 Å². The monoisotopic (exact) mass is 774 g/mol. The van der Waals surface area contributed by atoms with Crippen LogP contribution in [0.15, 0.2) is 72.8 Å². The summed E-state index contributed by atoms with van der Waals surface area (Å²) in [6.45, 7) is 3.57. The van der Waals surface area contributed by atoms with Crippen LogP contribution >= 0.6 is 11.3 Å². The maximum absolute atomic E-state index is 14.7. The van der Waals surface area contributed by atoms with E-state index in [1.165, 1.54) is 48.8 Å². The number of carboxylic acids is 1. The van der Waals surface area contributed by atoms with E-state index in [2.05, 4.69) is 15.3 Å². The topological polar surface area (TPSA) is 137 Å². The fourth-order valence-corrected chi connectivity index (χ4v) is 7.82. The SMILES string of the molecule is COC(=O)CN1CCN(CCOc2cccc(-c3ccc(N4CCc5cccc(C(=O)Nc6nc7ccccc7s6)c5C4)nc3C(=O)O)c2C(F)(F)F)CC1. The van der Waals surface area contributed by atoms with Gasteiger partial charge in [-0.1, -0.05) is 47.7 Å². The highest BCUT2D eigenvalue weighted by molar-refractivity contribution is 7.22. The van der Waals surface area contributed by atoms with Crippen molar-refractivity contribution >= 4 is 50.3 Å². The molecule has 0 bridgehead atoms. The number of para-hydroxylation sites is 1. The number of nitrogens with one attached hydrogen (secondary N) is 1. The van der Waals surface area contributed by atoms with Crippen molar-refractivity contribution in [1.29, 1.82) is 0 Å². The van der Waals surface area contributed by atoms with Gasteiger partial charge in [-0.15, -0.1) is 0 Å². The van der Waals surface area contributed by atoms with Crippen LogP contribution in [0, 0.1) is 0 Å². The zero-order valence-electron chi connectivity index (χ0n) is 29.8. The van der Waals surface area contributed by atoms with E-state index in [9.17, 15) is 32.7 Å². The summed E-state index contributed by atoms with van der Waals surface area (Å²) < 4.78 is 55.6. The molecular weight excluding hydrogens is 738 g/mol. The molecule has 1 amide bonds.